The second-order valence-corrected chi connectivity index (χ2v) is 5.18. The zero-order valence-corrected chi connectivity index (χ0v) is 11.3. The summed E-state index contributed by atoms with van der Waals surface area (Å²) < 4.78 is 2.52. The monoisotopic (exact) mass is 300 g/mol. The van der Waals surface area contributed by atoms with Crippen LogP contribution in [-0.2, 0) is 4.84 Å². The molecule has 0 saturated heterocycles. The highest BCUT2D eigenvalue weighted by Crippen LogP contribution is 2.26. The van der Waals surface area contributed by atoms with Gasteiger partial charge in [-0.05, 0) is 12.1 Å². The van der Waals surface area contributed by atoms with Crippen LogP contribution in [0, 0.1) is 0 Å². The van der Waals surface area contributed by atoms with Gasteiger partial charge in [-0.25, -0.2) is 19.4 Å². The summed E-state index contributed by atoms with van der Waals surface area (Å²) in [6.07, 6.45) is 2.85. The van der Waals surface area contributed by atoms with Crippen LogP contribution in [0.5, 0.6) is 0 Å². The Labute approximate surface area is 121 Å². The molecule has 9 heteroatoms. The highest BCUT2D eigenvalue weighted by Gasteiger charge is 2.13. The summed E-state index contributed by atoms with van der Waals surface area (Å²) >= 11 is 1.56. The number of nitrogens with zero attached hydrogens (tertiary/aromatic N) is 4. The molecule has 3 heterocycles. The van der Waals surface area contributed by atoms with E-state index in [1.807, 2.05) is 12.1 Å². The Hall–Kier alpha value is -2.78. The van der Waals surface area contributed by atoms with E-state index >= 15 is 0 Å². The summed E-state index contributed by atoms with van der Waals surface area (Å²) in [4.78, 5) is 27.4. The molecule has 3 N–H and O–H groups in total. The molecular weight excluding hydrogens is 292 g/mol. The van der Waals surface area contributed by atoms with Crippen LogP contribution in [-0.4, -0.2) is 30.7 Å². The number of nitrogens with one attached hydrogen (secondary N) is 1. The average Bonchev–Trinajstić information content (AvgIpc) is 3.21. The summed E-state index contributed by atoms with van der Waals surface area (Å²) in [7, 11) is 0. The zero-order valence-electron chi connectivity index (χ0n) is 10.5. The van der Waals surface area contributed by atoms with E-state index in [0.29, 0.717) is 5.95 Å². The van der Waals surface area contributed by atoms with E-state index in [1.165, 1.54) is 17.1 Å². The predicted molar refractivity (Wildman–Crippen MR) is 76.0 cm³/mol. The van der Waals surface area contributed by atoms with Gasteiger partial charge in [-0.1, -0.05) is 0 Å². The largest absolute Gasteiger partial charge is 0.370 e. The number of H-pyrrole nitrogens is 1. The van der Waals surface area contributed by atoms with Gasteiger partial charge in [0.15, 0.2) is 0 Å². The molecule has 1 aromatic carbocycles. The molecule has 4 rings (SSSR count). The molecule has 0 amide bonds. The van der Waals surface area contributed by atoms with E-state index < -0.39 is 5.97 Å². The Balaban J connectivity index is 1.86. The number of benzene rings is 1. The van der Waals surface area contributed by atoms with Gasteiger partial charge in [-0.3, -0.25) is 0 Å². The minimum atomic E-state index is -0.653. The van der Waals surface area contributed by atoms with Gasteiger partial charge in [-0.15, -0.1) is 11.3 Å². The number of fused-ring (bicyclic) bond motifs is 3. The van der Waals surface area contributed by atoms with Crippen molar-refractivity contribution in [3.63, 3.8) is 0 Å². The number of hydrogen-bond donors (Lipinski definition) is 2. The highest BCUT2D eigenvalue weighted by molar-refractivity contribution is 7.16. The van der Waals surface area contributed by atoms with E-state index in [1.54, 1.807) is 16.8 Å². The Bertz CT molecular complexity index is 969. The second-order valence-electron chi connectivity index (χ2n) is 4.30. The molecule has 0 fully saturated rings. The van der Waals surface area contributed by atoms with E-state index in [9.17, 15) is 4.79 Å². The summed E-state index contributed by atoms with van der Waals surface area (Å²) in [5, 5.41) is 4.07. The molecule has 4 aromatic rings. The number of hydrogen-bond acceptors (Lipinski definition) is 7. The van der Waals surface area contributed by atoms with Gasteiger partial charge in [0.05, 0.1) is 33.0 Å². The number of rotatable bonds is 2. The maximum absolute atomic E-state index is 11.3. The number of imidazole rings is 1. The fourth-order valence-electron chi connectivity index (χ4n) is 2.11. The van der Waals surface area contributed by atoms with Gasteiger partial charge in [0, 0.05) is 6.20 Å². The van der Waals surface area contributed by atoms with Gasteiger partial charge >= 0.3 is 5.97 Å². The molecule has 0 unspecified atom stereocenters. The van der Waals surface area contributed by atoms with Crippen molar-refractivity contribution in [1.82, 2.24) is 24.7 Å². The number of carbonyl (C=O) groups is 1. The molecule has 0 radical (unpaired) electrons. The van der Waals surface area contributed by atoms with Crippen molar-refractivity contribution in [2.75, 3.05) is 0 Å². The van der Waals surface area contributed by atoms with Gasteiger partial charge < -0.3 is 9.82 Å². The van der Waals surface area contributed by atoms with Crippen LogP contribution < -0.4 is 5.90 Å². The number of thiazole rings is 1. The Morgan fingerprint density at radius 2 is 2.33 bits per heavy atom. The molecule has 0 aliphatic rings. The lowest BCUT2D eigenvalue weighted by molar-refractivity contribution is 0.0503. The molecule has 3 aromatic heterocycles. The van der Waals surface area contributed by atoms with Gasteiger partial charge in [-0.2, -0.15) is 11.0 Å². The van der Waals surface area contributed by atoms with Crippen molar-refractivity contribution in [2.45, 2.75) is 0 Å². The molecular formula is C12H8N6O2S. The Morgan fingerprint density at radius 3 is 3.19 bits per heavy atom. The van der Waals surface area contributed by atoms with Crippen LogP contribution in [0.25, 0.3) is 27.2 Å². The summed E-state index contributed by atoms with van der Waals surface area (Å²) in [6, 6.07) is 3.88. The number of aromatic amines is 1. The van der Waals surface area contributed by atoms with Crippen molar-refractivity contribution in [3.8, 4) is 5.95 Å². The molecule has 0 aliphatic heterocycles. The molecule has 21 heavy (non-hydrogen) atoms. The lowest BCUT2D eigenvalue weighted by Crippen LogP contribution is -2.09. The van der Waals surface area contributed by atoms with Crippen LogP contribution >= 0.6 is 11.3 Å². The first-order chi connectivity index (χ1) is 10.3. The standard InChI is InChI=1S/C12H8N6O2S/c13-20-11(19)6-3-15-18(4-6)12-16-7-1-2-8-10(9(7)17-12)14-5-21-8/h1-5H,13H2,(H,16,17). The molecule has 0 spiro atoms. The van der Waals surface area contributed by atoms with Crippen LogP contribution in [0.15, 0.2) is 30.0 Å². The molecule has 0 saturated carbocycles. The smallest absolute Gasteiger partial charge is 0.359 e. The van der Waals surface area contributed by atoms with Crippen LogP contribution in [0.3, 0.4) is 0 Å². The first-order valence-corrected chi connectivity index (χ1v) is 6.82. The van der Waals surface area contributed by atoms with E-state index in [0.717, 1.165) is 21.3 Å². The maximum atomic E-state index is 11.3. The predicted octanol–water partition coefficient (Wildman–Crippen LogP) is 1.39. The maximum Gasteiger partial charge on any atom is 0.359 e. The third kappa shape index (κ3) is 1.79. The van der Waals surface area contributed by atoms with Crippen LogP contribution in [0.2, 0.25) is 0 Å². The minimum absolute atomic E-state index is 0.247. The third-order valence-corrected chi connectivity index (χ3v) is 3.88. The summed E-state index contributed by atoms with van der Waals surface area (Å²) in [5.41, 5.74) is 4.51. The van der Waals surface area contributed by atoms with E-state index in [2.05, 4.69) is 24.9 Å². The normalized spacial score (nSPS) is 11.3. The number of carbonyl (C=O) groups excluding carboxylic acids is 1. The molecule has 104 valence electrons. The van der Waals surface area contributed by atoms with Gasteiger partial charge in [0.25, 0.3) is 0 Å². The molecule has 0 atom stereocenters. The average molecular weight is 300 g/mol. The SMILES string of the molecule is NOC(=O)c1cnn(-c2nc3ccc4scnc4c3[nH]2)c1. The molecule has 0 bridgehead atoms. The summed E-state index contributed by atoms with van der Waals surface area (Å²) in [6.45, 7) is 0. The lowest BCUT2D eigenvalue weighted by Gasteiger charge is -1.93. The second kappa shape index (κ2) is 4.36. The van der Waals surface area contributed by atoms with Crippen molar-refractivity contribution in [1.29, 1.82) is 0 Å². The van der Waals surface area contributed by atoms with Gasteiger partial charge in [0.2, 0.25) is 5.95 Å². The van der Waals surface area contributed by atoms with Crippen molar-refractivity contribution in [2.24, 2.45) is 5.90 Å². The quantitative estimate of drug-likeness (QED) is 0.541. The topological polar surface area (TPSA) is 112 Å². The summed E-state index contributed by atoms with van der Waals surface area (Å²) in [5.74, 6) is 4.68. The number of aromatic nitrogens is 5. The van der Waals surface area contributed by atoms with Crippen molar-refractivity contribution < 1.29 is 9.63 Å². The van der Waals surface area contributed by atoms with Crippen molar-refractivity contribution in [3.05, 3.63) is 35.6 Å². The van der Waals surface area contributed by atoms with Gasteiger partial charge in [0.1, 0.15) is 5.52 Å². The van der Waals surface area contributed by atoms with Crippen LogP contribution in [0.4, 0.5) is 0 Å². The Kier molecular flexibility index (Phi) is 2.49. The van der Waals surface area contributed by atoms with Crippen molar-refractivity contribution >= 4 is 38.6 Å². The lowest BCUT2D eigenvalue weighted by atomic mass is 10.3. The first kappa shape index (κ1) is 12.0. The zero-order chi connectivity index (χ0) is 14.4. The van der Waals surface area contributed by atoms with Crippen LogP contribution in [0.1, 0.15) is 10.4 Å². The third-order valence-electron chi connectivity index (χ3n) is 3.09. The fourth-order valence-corrected chi connectivity index (χ4v) is 2.80. The number of nitrogens with two attached hydrogens (primary N) is 1. The minimum Gasteiger partial charge on any atom is -0.370 e. The van der Waals surface area contributed by atoms with E-state index in [-0.39, 0.29) is 5.56 Å². The molecule has 0 aliphatic carbocycles. The van der Waals surface area contributed by atoms with E-state index in [4.69, 9.17) is 5.90 Å². The Morgan fingerprint density at radius 1 is 1.43 bits per heavy atom. The first-order valence-electron chi connectivity index (χ1n) is 5.94. The highest BCUT2D eigenvalue weighted by atomic mass is 32.1. The fraction of sp³-hybridized carbons (Fsp3) is 0. The molecule has 8 nitrogen and oxygen atoms in total.